The summed E-state index contributed by atoms with van der Waals surface area (Å²) >= 11 is 0. The van der Waals surface area contributed by atoms with E-state index in [-0.39, 0.29) is 11.8 Å². The minimum absolute atomic E-state index is 0.0614. The number of oxazole rings is 1. The van der Waals surface area contributed by atoms with Crippen molar-refractivity contribution < 1.29 is 13.9 Å². The Bertz CT molecular complexity index is 1000. The lowest BCUT2D eigenvalue weighted by molar-refractivity contribution is 0.0756. The monoisotopic (exact) mass is 378 g/mol. The summed E-state index contributed by atoms with van der Waals surface area (Å²) in [6, 6.07) is 11.3. The Balaban J connectivity index is 1.51. The second-order valence-corrected chi connectivity index (χ2v) is 7.01. The van der Waals surface area contributed by atoms with E-state index in [9.17, 15) is 4.79 Å². The molecule has 144 valence electrons. The van der Waals surface area contributed by atoms with Gasteiger partial charge in [-0.3, -0.25) is 4.79 Å². The first-order valence-electron chi connectivity index (χ1n) is 9.31. The molecule has 0 radical (unpaired) electrons. The highest BCUT2D eigenvalue weighted by Crippen LogP contribution is 2.29. The SMILES string of the molecule is Cc1cc(Oc2ccccc2)nc([C@H]2CCN(C(=O)c3oc(C)nc3C)C2)n1. The predicted octanol–water partition coefficient (Wildman–Crippen LogP) is 3.81. The van der Waals surface area contributed by atoms with Gasteiger partial charge in [-0.25, -0.2) is 9.97 Å². The molecular weight excluding hydrogens is 356 g/mol. The number of rotatable bonds is 4. The highest BCUT2D eigenvalue weighted by atomic mass is 16.5. The van der Waals surface area contributed by atoms with Crippen LogP contribution in [0.3, 0.4) is 0 Å². The average Bonchev–Trinajstić information content (AvgIpc) is 3.28. The molecule has 2 aromatic heterocycles. The lowest BCUT2D eigenvalue weighted by atomic mass is 10.1. The molecule has 28 heavy (non-hydrogen) atoms. The molecule has 0 N–H and O–H groups in total. The van der Waals surface area contributed by atoms with Gasteiger partial charge in [-0.1, -0.05) is 18.2 Å². The Morgan fingerprint density at radius 2 is 1.93 bits per heavy atom. The smallest absolute Gasteiger partial charge is 0.291 e. The van der Waals surface area contributed by atoms with Crippen LogP contribution in [0.25, 0.3) is 0 Å². The Hall–Kier alpha value is -3.22. The number of hydrogen-bond donors (Lipinski definition) is 0. The van der Waals surface area contributed by atoms with Gasteiger partial charge in [0, 0.05) is 37.7 Å². The summed E-state index contributed by atoms with van der Waals surface area (Å²) in [5.74, 6) is 2.69. The number of para-hydroxylation sites is 1. The summed E-state index contributed by atoms with van der Waals surface area (Å²) in [5.41, 5.74) is 1.46. The zero-order valence-electron chi connectivity index (χ0n) is 16.2. The van der Waals surface area contributed by atoms with Crippen molar-refractivity contribution in [3.05, 3.63) is 65.3 Å². The number of hydrogen-bond acceptors (Lipinski definition) is 6. The van der Waals surface area contributed by atoms with E-state index in [4.69, 9.17) is 9.15 Å². The number of amides is 1. The van der Waals surface area contributed by atoms with Crippen molar-refractivity contribution in [1.82, 2.24) is 19.9 Å². The summed E-state index contributed by atoms with van der Waals surface area (Å²) in [7, 11) is 0. The molecule has 4 rings (SSSR count). The molecule has 3 heterocycles. The number of aromatic nitrogens is 3. The zero-order chi connectivity index (χ0) is 19.7. The van der Waals surface area contributed by atoms with Crippen molar-refractivity contribution in [3.63, 3.8) is 0 Å². The molecular formula is C21H22N4O3. The number of ether oxygens (including phenoxy) is 1. The zero-order valence-corrected chi connectivity index (χ0v) is 16.2. The molecule has 1 saturated heterocycles. The predicted molar refractivity (Wildman–Crippen MR) is 103 cm³/mol. The molecule has 0 spiro atoms. The molecule has 1 aliphatic rings. The summed E-state index contributed by atoms with van der Waals surface area (Å²) in [5, 5.41) is 0. The Morgan fingerprint density at radius 3 is 2.64 bits per heavy atom. The van der Waals surface area contributed by atoms with E-state index in [2.05, 4.69) is 15.0 Å². The van der Waals surface area contributed by atoms with Crippen LogP contribution in [0, 0.1) is 20.8 Å². The average molecular weight is 378 g/mol. The highest BCUT2D eigenvalue weighted by Gasteiger charge is 2.32. The minimum Gasteiger partial charge on any atom is -0.439 e. The minimum atomic E-state index is -0.131. The molecule has 0 saturated carbocycles. The van der Waals surface area contributed by atoms with Crippen molar-refractivity contribution in [2.24, 2.45) is 0 Å². The lowest BCUT2D eigenvalue weighted by Gasteiger charge is -2.15. The molecule has 1 aliphatic heterocycles. The molecule has 7 nitrogen and oxygen atoms in total. The van der Waals surface area contributed by atoms with E-state index >= 15 is 0 Å². The number of nitrogens with zero attached hydrogens (tertiary/aromatic N) is 4. The maximum atomic E-state index is 12.8. The van der Waals surface area contributed by atoms with Crippen molar-refractivity contribution in [2.45, 2.75) is 33.1 Å². The van der Waals surface area contributed by atoms with Gasteiger partial charge < -0.3 is 14.1 Å². The van der Waals surface area contributed by atoms with E-state index in [1.807, 2.05) is 43.3 Å². The van der Waals surface area contributed by atoms with Crippen LogP contribution in [-0.2, 0) is 0 Å². The lowest BCUT2D eigenvalue weighted by Crippen LogP contribution is -2.28. The van der Waals surface area contributed by atoms with Gasteiger partial charge in [-0.05, 0) is 32.4 Å². The third kappa shape index (κ3) is 3.74. The van der Waals surface area contributed by atoms with Gasteiger partial charge in [0.15, 0.2) is 5.89 Å². The maximum Gasteiger partial charge on any atom is 0.291 e. The van der Waals surface area contributed by atoms with Crippen molar-refractivity contribution >= 4 is 5.91 Å². The van der Waals surface area contributed by atoms with E-state index in [0.29, 0.717) is 42.1 Å². The molecule has 0 aliphatic carbocycles. The van der Waals surface area contributed by atoms with E-state index in [1.165, 1.54) is 0 Å². The standard InChI is InChI=1S/C21H22N4O3/c1-13-11-18(28-17-7-5-4-6-8-17)24-20(22-13)16-9-10-25(12-16)21(26)19-14(2)23-15(3)27-19/h4-8,11,16H,9-10,12H2,1-3H3/t16-/m0/s1. The third-order valence-electron chi connectivity index (χ3n) is 4.75. The van der Waals surface area contributed by atoms with Crippen molar-refractivity contribution in [3.8, 4) is 11.6 Å². The first-order valence-corrected chi connectivity index (χ1v) is 9.31. The summed E-state index contributed by atoms with van der Waals surface area (Å²) in [4.78, 5) is 27.9. The Morgan fingerprint density at radius 1 is 1.14 bits per heavy atom. The molecule has 0 unspecified atom stereocenters. The Labute approximate surface area is 163 Å². The van der Waals surface area contributed by atoms with Crippen molar-refractivity contribution in [2.75, 3.05) is 13.1 Å². The largest absolute Gasteiger partial charge is 0.439 e. The number of carbonyl (C=O) groups excluding carboxylic acids is 1. The molecule has 1 atom stereocenters. The fraction of sp³-hybridized carbons (Fsp3) is 0.333. The van der Waals surface area contributed by atoms with Gasteiger partial charge >= 0.3 is 0 Å². The van der Waals surface area contributed by atoms with Gasteiger partial charge in [0.05, 0.1) is 5.69 Å². The molecule has 1 fully saturated rings. The van der Waals surface area contributed by atoms with Crippen LogP contribution in [0.1, 0.15) is 46.0 Å². The second kappa shape index (κ2) is 7.42. The van der Waals surface area contributed by atoms with E-state index in [1.54, 1.807) is 18.7 Å². The fourth-order valence-electron chi connectivity index (χ4n) is 3.43. The van der Waals surface area contributed by atoms with Crippen LogP contribution in [0.4, 0.5) is 0 Å². The van der Waals surface area contributed by atoms with Crippen LogP contribution in [0.2, 0.25) is 0 Å². The molecule has 3 aromatic rings. The van der Waals surface area contributed by atoms with Crippen LogP contribution in [-0.4, -0.2) is 38.8 Å². The van der Waals surface area contributed by atoms with Gasteiger partial charge in [0.1, 0.15) is 11.6 Å². The van der Waals surface area contributed by atoms with Gasteiger partial charge in [0.2, 0.25) is 11.6 Å². The normalized spacial score (nSPS) is 16.4. The number of aryl methyl sites for hydroxylation is 3. The van der Waals surface area contributed by atoms with Gasteiger partial charge in [-0.2, -0.15) is 4.98 Å². The maximum absolute atomic E-state index is 12.8. The second-order valence-electron chi connectivity index (χ2n) is 7.01. The summed E-state index contributed by atoms with van der Waals surface area (Å²) in [6.07, 6.45) is 0.798. The van der Waals surface area contributed by atoms with Crippen LogP contribution >= 0.6 is 0 Å². The Kier molecular flexibility index (Phi) is 4.81. The first-order chi connectivity index (χ1) is 13.5. The number of benzene rings is 1. The first kappa shape index (κ1) is 18.2. The van der Waals surface area contributed by atoms with Crippen LogP contribution in [0.15, 0.2) is 40.8 Å². The number of carbonyl (C=O) groups is 1. The quantitative estimate of drug-likeness (QED) is 0.687. The van der Waals surface area contributed by atoms with Gasteiger partial charge in [-0.15, -0.1) is 0 Å². The van der Waals surface area contributed by atoms with E-state index in [0.717, 1.165) is 17.9 Å². The summed E-state index contributed by atoms with van der Waals surface area (Å²) in [6.45, 7) is 6.63. The van der Waals surface area contributed by atoms with Gasteiger partial charge in [0.25, 0.3) is 5.91 Å². The van der Waals surface area contributed by atoms with Crippen molar-refractivity contribution in [1.29, 1.82) is 0 Å². The molecule has 7 heteroatoms. The fourth-order valence-corrected chi connectivity index (χ4v) is 3.43. The van der Waals surface area contributed by atoms with Crippen LogP contribution < -0.4 is 4.74 Å². The third-order valence-corrected chi connectivity index (χ3v) is 4.75. The number of likely N-dealkylation sites (tertiary alicyclic amines) is 1. The highest BCUT2D eigenvalue weighted by molar-refractivity contribution is 5.92. The van der Waals surface area contributed by atoms with Crippen LogP contribution in [0.5, 0.6) is 11.6 Å². The molecule has 1 aromatic carbocycles. The summed E-state index contributed by atoms with van der Waals surface area (Å²) < 4.78 is 11.3. The van der Waals surface area contributed by atoms with E-state index < -0.39 is 0 Å². The topological polar surface area (TPSA) is 81.4 Å². The molecule has 0 bridgehead atoms. The molecule has 1 amide bonds.